The van der Waals surface area contributed by atoms with Crippen molar-refractivity contribution in [1.29, 1.82) is 0 Å². The summed E-state index contributed by atoms with van der Waals surface area (Å²) in [4.78, 5) is 33.6. The molecule has 2 aromatic carbocycles. The molecule has 1 aliphatic rings. The summed E-state index contributed by atoms with van der Waals surface area (Å²) in [5.74, 6) is -0.433. The fraction of sp³-hybridized carbons (Fsp3) is 0.240. The molecule has 3 aromatic rings. The number of thiazole rings is 1. The lowest BCUT2D eigenvalue weighted by Crippen LogP contribution is -2.39. The van der Waals surface area contributed by atoms with Gasteiger partial charge in [0.25, 0.3) is 5.56 Å². The summed E-state index contributed by atoms with van der Waals surface area (Å²) in [6, 6.07) is 12.1. The fourth-order valence-electron chi connectivity index (χ4n) is 3.84. The number of anilines is 1. The van der Waals surface area contributed by atoms with Crippen LogP contribution in [0.2, 0.25) is 0 Å². The lowest BCUT2D eigenvalue weighted by atomic mass is 9.95. The average Bonchev–Trinajstić information content (AvgIpc) is 3.10. The maximum absolute atomic E-state index is 13.6. The van der Waals surface area contributed by atoms with Crippen molar-refractivity contribution >= 4 is 45.0 Å². The minimum Gasteiger partial charge on any atom is -0.507 e. The molecular weight excluding hydrogens is 518 g/mol. The Balaban J connectivity index is 1.95. The van der Waals surface area contributed by atoms with Gasteiger partial charge in [-0.3, -0.25) is 9.36 Å². The number of phenolic OH excluding ortho intramolecular Hbond substituents is 1. The van der Waals surface area contributed by atoms with Gasteiger partial charge in [0.15, 0.2) is 4.80 Å². The van der Waals surface area contributed by atoms with E-state index in [2.05, 4.69) is 20.9 Å². The summed E-state index contributed by atoms with van der Waals surface area (Å²) in [5.41, 5.74) is 2.84. The standard InChI is InChI=1S/C25H24BrN3O4S/c1-5-33-24(32)21-14(2)27-25-29(22(21)15-6-9-18(10-7-15)28(3)4)23(31)20(34-25)13-16-12-17(26)8-11-19(16)30/h6-13,22,30H,5H2,1-4H3. The number of benzene rings is 2. The van der Waals surface area contributed by atoms with Gasteiger partial charge in [0, 0.05) is 29.8 Å². The third kappa shape index (κ3) is 4.45. The number of allylic oxidation sites excluding steroid dienone is 1. The Morgan fingerprint density at radius 3 is 2.62 bits per heavy atom. The summed E-state index contributed by atoms with van der Waals surface area (Å²) in [6.45, 7) is 3.72. The molecule has 1 N–H and O–H groups in total. The number of hydrogen-bond donors (Lipinski definition) is 1. The molecule has 1 aliphatic heterocycles. The van der Waals surface area contributed by atoms with Gasteiger partial charge in [-0.25, -0.2) is 9.79 Å². The third-order valence-electron chi connectivity index (χ3n) is 5.52. The van der Waals surface area contributed by atoms with Crippen LogP contribution < -0.4 is 19.8 Å². The van der Waals surface area contributed by atoms with Crippen molar-refractivity contribution in [3.05, 3.63) is 89.0 Å². The molecule has 4 rings (SSSR count). The highest BCUT2D eigenvalue weighted by Crippen LogP contribution is 2.31. The zero-order chi connectivity index (χ0) is 24.6. The van der Waals surface area contributed by atoms with Crippen molar-refractivity contribution in [2.45, 2.75) is 19.9 Å². The number of fused-ring (bicyclic) bond motifs is 1. The summed E-state index contributed by atoms with van der Waals surface area (Å²) >= 11 is 4.61. The van der Waals surface area contributed by atoms with Gasteiger partial charge in [-0.2, -0.15) is 0 Å². The minimum atomic E-state index is -0.676. The molecule has 2 heterocycles. The number of hydrogen-bond acceptors (Lipinski definition) is 7. The first-order valence-corrected chi connectivity index (χ1v) is 12.3. The quantitative estimate of drug-likeness (QED) is 0.501. The number of esters is 1. The Morgan fingerprint density at radius 1 is 1.26 bits per heavy atom. The molecule has 34 heavy (non-hydrogen) atoms. The molecule has 176 valence electrons. The Labute approximate surface area is 209 Å². The largest absolute Gasteiger partial charge is 0.507 e. The molecule has 0 spiro atoms. The van der Waals surface area contributed by atoms with E-state index in [1.807, 2.05) is 43.3 Å². The fourth-order valence-corrected chi connectivity index (χ4v) is 5.26. The monoisotopic (exact) mass is 541 g/mol. The van der Waals surface area contributed by atoms with Crippen LogP contribution in [0.3, 0.4) is 0 Å². The number of ether oxygens (including phenoxy) is 1. The Bertz CT molecular complexity index is 1470. The number of halogens is 1. The van der Waals surface area contributed by atoms with E-state index in [-0.39, 0.29) is 17.9 Å². The second-order valence-corrected chi connectivity index (χ2v) is 9.92. The maximum Gasteiger partial charge on any atom is 0.338 e. The predicted molar refractivity (Wildman–Crippen MR) is 137 cm³/mol. The summed E-state index contributed by atoms with van der Waals surface area (Å²) < 4.78 is 8.05. The first kappa shape index (κ1) is 24.0. The molecule has 1 atom stereocenters. The van der Waals surface area contributed by atoms with E-state index in [1.165, 1.54) is 15.9 Å². The first-order valence-electron chi connectivity index (χ1n) is 10.7. The lowest BCUT2D eigenvalue weighted by molar-refractivity contribution is -0.139. The molecule has 7 nitrogen and oxygen atoms in total. The number of phenols is 1. The first-order chi connectivity index (χ1) is 16.2. The van der Waals surface area contributed by atoms with E-state index in [1.54, 1.807) is 38.1 Å². The van der Waals surface area contributed by atoms with Crippen LogP contribution in [0, 0.1) is 0 Å². The highest BCUT2D eigenvalue weighted by Gasteiger charge is 2.33. The van der Waals surface area contributed by atoms with Crippen molar-refractivity contribution in [3.8, 4) is 5.75 Å². The van der Waals surface area contributed by atoms with E-state index < -0.39 is 12.0 Å². The van der Waals surface area contributed by atoms with Crippen LogP contribution in [0.1, 0.15) is 31.0 Å². The highest BCUT2D eigenvalue weighted by molar-refractivity contribution is 9.10. The molecule has 0 fully saturated rings. The van der Waals surface area contributed by atoms with Crippen LogP contribution in [0.5, 0.6) is 5.75 Å². The molecular formula is C25H24BrN3O4S. The van der Waals surface area contributed by atoms with Crippen molar-refractivity contribution in [1.82, 2.24) is 4.57 Å². The zero-order valence-electron chi connectivity index (χ0n) is 19.2. The molecule has 9 heteroatoms. The SMILES string of the molecule is CCOC(=O)C1=C(C)N=c2sc(=Cc3cc(Br)ccc3O)c(=O)n2C1c1ccc(N(C)C)cc1. The van der Waals surface area contributed by atoms with E-state index in [4.69, 9.17) is 4.74 Å². The number of carbonyl (C=O) groups is 1. The molecule has 0 bridgehead atoms. The topological polar surface area (TPSA) is 84.1 Å². The van der Waals surface area contributed by atoms with Crippen LogP contribution in [0.4, 0.5) is 5.69 Å². The lowest BCUT2D eigenvalue weighted by Gasteiger charge is -2.25. The zero-order valence-corrected chi connectivity index (χ0v) is 21.6. The van der Waals surface area contributed by atoms with Gasteiger partial charge in [0.1, 0.15) is 5.75 Å². The van der Waals surface area contributed by atoms with Gasteiger partial charge in [-0.1, -0.05) is 39.4 Å². The van der Waals surface area contributed by atoms with Gasteiger partial charge in [0.2, 0.25) is 0 Å². The number of aromatic nitrogens is 1. The van der Waals surface area contributed by atoms with E-state index >= 15 is 0 Å². The van der Waals surface area contributed by atoms with Crippen molar-refractivity contribution < 1.29 is 14.6 Å². The van der Waals surface area contributed by atoms with Crippen LogP contribution in [0.25, 0.3) is 6.08 Å². The smallest absolute Gasteiger partial charge is 0.338 e. The van der Waals surface area contributed by atoms with E-state index in [0.29, 0.717) is 26.2 Å². The minimum absolute atomic E-state index is 0.0632. The highest BCUT2D eigenvalue weighted by atomic mass is 79.9. The average molecular weight is 542 g/mol. The van der Waals surface area contributed by atoms with Gasteiger partial charge in [-0.15, -0.1) is 0 Å². The molecule has 0 aliphatic carbocycles. The number of aromatic hydroxyl groups is 1. The second kappa shape index (κ2) is 9.60. The third-order valence-corrected chi connectivity index (χ3v) is 6.99. The summed E-state index contributed by atoms with van der Waals surface area (Å²) in [7, 11) is 3.90. The Morgan fingerprint density at radius 2 is 1.97 bits per heavy atom. The van der Waals surface area contributed by atoms with Crippen LogP contribution in [0.15, 0.2) is 68.0 Å². The van der Waals surface area contributed by atoms with E-state index in [0.717, 1.165) is 15.7 Å². The van der Waals surface area contributed by atoms with Crippen molar-refractivity contribution in [2.24, 2.45) is 4.99 Å². The maximum atomic E-state index is 13.6. The molecule has 0 amide bonds. The second-order valence-electron chi connectivity index (χ2n) is 7.99. The normalized spacial score (nSPS) is 15.7. The van der Waals surface area contributed by atoms with Crippen LogP contribution >= 0.6 is 27.3 Å². The molecule has 0 radical (unpaired) electrons. The van der Waals surface area contributed by atoms with Gasteiger partial charge in [-0.05, 0) is 55.8 Å². The summed E-state index contributed by atoms with van der Waals surface area (Å²) in [5, 5.41) is 10.3. The van der Waals surface area contributed by atoms with E-state index in [9.17, 15) is 14.7 Å². The predicted octanol–water partition coefficient (Wildman–Crippen LogP) is 3.33. The number of nitrogens with zero attached hydrogens (tertiary/aromatic N) is 3. The van der Waals surface area contributed by atoms with Gasteiger partial charge < -0.3 is 14.7 Å². The molecule has 1 aromatic heterocycles. The van der Waals surface area contributed by atoms with Gasteiger partial charge in [0.05, 0.1) is 28.5 Å². The molecule has 0 saturated carbocycles. The van der Waals surface area contributed by atoms with Crippen molar-refractivity contribution in [3.63, 3.8) is 0 Å². The van der Waals surface area contributed by atoms with Crippen LogP contribution in [-0.2, 0) is 9.53 Å². The number of rotatable bonds is 5. The van der Waals surface area contributed by atoms with Crippen molar-refractivity contribution in [2.75, 3.05) is 25.6 Å². The summed E-state index contributed by atoms with van der Waals surface area (Å²) in [6.07, 6.45) is 1.64. The Hall–Kier alpha value is -3.17. The van der Waals surface area contributed by atoms with Crippen LogP contribution in [-0.4, -0.2) is 36.3 Å². The molecule has 1 unspecified atom stereocenters. The molecule has 0 saturated heterocycles. The Kier molecular flexibility index (Phi) is 6.77. The number of carbonyl (C=O) groups excluding carboxylic acids is 1. The van der Waals surface area contributed by atoms with Gasteiger partial charge >= 0.3 is 5.97 Å².